The maximum absolute atomic E-state index is 10.8. The zero-order valence-electron chi connectivity index (χ0n) is 7.44. The molecule has 0 unspecified atom stereocenters. The topological polar surface area (TPSA) is 38.3 Å². The molecule has 0 atom stereocenters. The minimum Gasteiger partial charge on any atom is -0.277 e. The van der Waals surface area contributed by atoms with Crippen LogP contribution in [-0.4, -0.2) is 18.9 Å². The van der Waals surface area contributed by atoms with Crippen LogP contribution in [0.3, 0.4) is 0 Å². The molecular weight excluding hydrogens is 178 g/mol. The molecule has 0 aliphatic rings. The molecule has 0 bridgehead atoms. The van der Waals surface area contributed by atoms with Crippen LogP contribution in [-0.2, 0) is 9.63 Å². The summed E-state index contributed by atoms with van der Waals surface area (Å²) in [4.78, 5) is 15.3. The van der Waals surface area contributed by atoms with Crippen molar-refractivity contribution in [3.63, 3.8) is 0 Å². The molecule has 0 saturated carbocycles. The molecule has 0 saturated heterocycles. The van der Waals surface area contributed by atoms with Crippen LogP contribution in [0.2, 0.25) is 0 Å². The number of halogens is 1. The third-order valence-electron chi connectivity index (χ3n) is 1.50. The number of hydroxylamine groups is 1. The van der Waals surface area contributed by atoms with Crippen molar-refractivity contribution in [2.24, 2.45) is 0 Å². The van der Waals surface area contributed by atoms with Gasteiger partial charge in [0.05, 0.1) is 7.11 Å². The van der Waals surface area contributed by atoms with Crippen molar-refractivity contribution >= 4 is 17.5 Å². The third kappa shape index (κ3) is 7.82. The smallest absolute Gasteiger partial charge is 0.243 e. The van der Waals surface area contributed by atoms with Gasteiger partial charge >= 0.3 is 0 Å². The molecule has 4 heteroatoms. The van der Waals surface area contributed by atoms with E-state index in [0.29, 0.717) is 12.3 Å². The Hall–Kier alpha value is -0.280. The first kappa shape index (κ1) is 11.7. The lowest BCUT2D eigenvalue weighted by Gasteiger charge is -2.00. The number of amides is 1. The zero-order chi connectivity index (χ0) is 9.23. The van der Waals surface area contributed by atoms with Crippen molar-refractivity contribution in [3.8, 4) is 0 Å². The van der Waals surface area contributed by atoms with Gasteiger partial charge in [0, 0.05) is 12.3 Å². The first-order valence-corrected chi connectivity index (χ1v) is 4.72. The average Bonchev–Trinajstić information content (AvgIpc) is 2.05. The minimum absolute atomic E-state index is 0.0524. The van der Waals surface area contributed by atoms with Crippen molar-refractivity contribution < 1.29 is 9.63 Å². The van der Waals surface area contributed by atoms with Gasteiger partial charge in [0.15, 0.2) is 0 Å². The molecule has 3 nitrogen and oxygen atoms in total. The molecule has 72 valence electrons. The fourth-order valence-electron chi connectivity index (χ4n) is 0.898. The third-order valence-corrected chi connectivity index (χ3v) is 1.77. The van der Waals surface area contributed by atoms with E-state index < -0.39 is 0 Å². The Balaban J connectivity index is 3.03. The van der Waals surface area contributed by atoms with Gasteiger partial charge in [-0.1, -0.05) is 12.8 Å². The van der Waals surface area contributed by atoms with Gasteiger partial charge in [-0.25, -0.2) is 5.48 Å². The quantitative estimate of drug-likeness (QED) is 0.381. The molecule has 1 amide bonds. The van der Waals surface area contributed by atoms with Gasteiger partial charge in [0.25, 0.3) is 0 Å². The predicted molar refractivity (Wildman–Crippen MR) is 49.0 cm³/mol. The molecule has 0 heterocycles. The summed E-state index contributed by atoms with van der Waals surface area (Å²) in [7, 11) is 1.44. The van der Waals surface area contributed by atoms with E-state index in [0.717, 1.165) is 25.7 Å². The standard InChI is InChI=1S/C8H16ClNO2/c1-12-10-8(11)6-4-2-3-5-7-9/h2-7H2,1H3,(H,10,11). The first-order chi connectivity index (χ1) is 5.81. The van der Waals surface area contributed by atoms with Gasteiger partial charge in [-0.15, -0.1) is 11.6 Å². The molecule has 0 fully saturated rings. The van der Waals surface area contributed by atoms with Crippen LogP contribution < -0.4 is 5.48 Å². The highest BCUT2D eigenvalue weighted by Gasteiger charge is 1.98. The molecule has 0 aromatic heterocycles. The SMILES string of the molecule is CONC(=O)CCCCCCCl. The van der Waals surface area contributed by atoms with E-state index in [1.165, 1.54) is 7.11 Å². The molecular formula is C8H16ClNO2. The van der Waals surface area contributed by atoms with Gasteiger partial charge in [-0.05, 0) is 12.8 Å². The van der Waals surface area contributed by atoms with E-state index in [-0.39, 0.29) is 5.91 Å². The molecule has 0 aromatic carbocycles. The fourth-order valence-corrected chi connectivity index (χ4v) is 1.09. The molecule has 0 aliphatic carbocycles. The van der Waals surface area contributed by atoms with Gasteiger partial charge in [-0.3, -0.25) is 9.63 Å². The van der Waals surface area contributed by atoms with E-state index in [4.69, 9.17) is 11.6 Å². The lowest BCUT2D eigenvalue weighted by Crippen LogP contribution is -2.21. The van der Waals surface area contributed by atoms with Crippen molar-refractivity contribution in [2.75, 3.05) is 13.0 Å². The normalized spacial score (nSPS) is 9.83. The molecule has 0 rings (SSSR count). The second-order valence-corrected chi connectivity index (χ2v) is 2.96. The number of hydrogen-bond acceptors (Lipinski definition) is 2. The summed E-state index contributed by atoms with van der Waals surface area (Å²) in [5, 5.41) is 0. The van der Waals surface area contributed by atoms with Crippen molar-refractivity contribution in [3.05, 3.63) is 0 Å². The Morgan fingerprint density at radius 2 is 2.00 bits per heavy atom. The average molecular weight is 194 g/mol. The van der Waals surface area contributed by atoms with Gasteiger partial charge in [0.2, 0.25) is 5.91 Å². The maximum atomic E-state index is 10.8. The summed E-state index contributed by atoms with van der Waals surface area (Å²) in [6, 6.07) is 0. The number of hydrogen-bond donors (Lipinski definition) is 1. The molecule has 1 N–H and O–H groups in total. The fraction of sp³-hybridized carbons (Fsp3) is 0.875. The summed E-state index contributed by atoms with van der Waals surface area (Å²) in [6.45, 7) is 0. The molecule has 0 aliphatic heterocycles. The van der Waals surface area contributed by atoms with Crippen LogP contribution in [0.25, 0.3) is 0 Å². The van der Waals surface area contributed by atoms with Gasteiger partial charge in [0.1, 0.15) is 0 Å². The summed E-state index contributed by atoms with van der Waals surface area (Å²) in [6.07, 6.45) is 4.64. The highest BCUT2D eigenvalue weighted by molar-refractivity contribution is 6.17. The number of unbranched alkanes of at least 4 members (excludes halogenated alkanes) is 3. The predicted octanol–water partition coefficient (Wildman–Crippen LogP) is 1.85. The Bertz CT molecular complexity index is 120. The van der Waals surface area contributed by atoms with E-state index in [1.54, 1.807) is 0 Å². The summed E-state index contributed by atoms with van der Waals surface area (Å²) in [5.41, 5.74) is 2.27. The summed E-state index contributed by atoms with van der Waals surface area (Å²) in [5.74, 6) is 0.660. The van der Waals surface area contributed by atoms with Crippen LogP contribution >= 0.6 is 11.6 Å². The van der Waals surface area contributed by atoms with E-state index in [1.807, 2.05) is 0 Å². The first-order valence-electron chi connectivity index (χ1n) is 4.19. The largest absolute Gasteiger partial charge is 0.277 e. The number of carbonyl (C=O) groups is 1. The Kier molecular flexibility index (Phi) is 8.61. The zero-order valence-corrected chi connectivity index (χ0v) is 8.19. The van der Waals surface area contributed by atoms with Crippen molar-refractivity contribution in [2.45, 2.75) is 32.1 Å². The Labute approximate surface area is 78.4 Å². The Morgan fingerprint density at radius 1 is 1.33 bits per heavy atom. The van der Waals surface area contributed by atoms with Crippen LogP contribution in [0.1, 0.15) is 32.1 Å². The van der Waals surface area contributed by atoms with Crippen LogP contribution in [0.15, 0.2) is 0 Å². The second kappa shape index (κ2) is 8.81. The minimum atomic E-state index is -0.0524. The maximum Gasteiger partial charge on any atom is 0.243 e. The van der Waals surface area contributed by atoms with Gasteiger partial charge < -0.3 is 0 Å². The van der Waals surface area contributed by atoms with Crippen LogP contribution in [0.5, 0.6) is 0 Å². The van der Waals surface area contributed by atoms with Crippen LogP contribution in [0, 0.1) is 0 Å². The molecule has 12 heavy (non-hydrogen) atoms. The number of carbonyl (C=O) groups excluding carboxylic acids is 1. The second-order valence-electron chi connectivity index (χ2n) is 2.58. The highest BCUT2D eigenvalue weighted by Crippen LogP contribution is 2.03. The summed E-state index contributed by atoms with van der Waals surface area (Å²) < 4.78 is 0. The lowest BCUT2D eigenvalue weighted by atomic mass is 10.1. The van der Waals surface area contributed by atoms with E-state index in [9.17, 15) is 4.79 Å². The molecule has 0 aromatic rings. The lowest BCUT2D eigenvalue weighted by molar-refractivity contribution is -0.131. The van der Waals surface area contributed by atoms with Crippen molar-refractivity contribution in [1.29, 1.82) is 0 Å². The monoisotopic (exact) mass is 193 g/mol. The summed E-state index contributed by atoms with van der Waals surface area (Å²) >= 11 is 5.49. The molecule has 0 spiro atoms. The highest BCUT2D eigenvalue weighted by atomic mass is 35.5. The Morgan fingerprint density at radius 3 is 2.58 bits per heavy atom. The van der Waals surface area contributed by atoms with Crippen molar-refractivity contribution in [1.82, 2.24) is 5.48 Å². The van der Waals surface area contributed by atoms with Gasteiger partial charge in [-0.2, -0.15) is 0 Å². The van der Waals surface area contributed by atoms with Crippen LogP contribution in [0.4, 0.5) is 0 Å². The number of alkyl halides is 1. The van der Waals surface area contributed by atoms with E-state index >= 15 is 0 Å². The number of rotatable bonds is 7. The number of nitrogens with one attached hydrogen (secondary N) is 1. The van der Waals surface area contributed by atoms with E-state index in [2.05, 4.69) is 10.3 Å². The molecule has 0 radical (unpaired) electrons.